The average Bonchev–Trinajstić information content (AvgIpc) is 2.97. The number of aromatic nitrogens is 4. The number of carbonyl (C=O) groups is 1. The second-order valence-corrected chi connectivity index (χ2v) is 5.33. The molecular weight excluding hydrogens is 282 g/mol. The van der Waals surface area contributed by atoms with Gasteiger partial charge in [-0.15, -0.1) is 5.10 Å². The summed E-state index contributed by atoms with van der Waals surface area (Å²) in [4.78, 5) is 12.2. The monoisotopic (exact) mass is 303 g/mol. The fraction of sp³-hybridized carbons (Fsp3) is 0.467. The van der Waals surface area contributed by atoms with Gasteiger partial charge in [0.05, 0.1) is 18.3 Å². The van der Waals surface area contributed by atoms with Crippen molar-refractivity contribution in [2.45, 2.75) is 33.2 Å². The van der Waals surface area contributed by atoms with Crippen molar-refractivity contribution < 1.29 is 9.90 Å². The van der Waals surface area contributed by atoms with E-state index in [1.165, 1.54) is 0 Å². The van der Waals surface area contributed by atoms with Gasteiger partial charge in [0, 0.05) is 5.56 Å². The van der Waals surface area contributed by atoms with E-state index < -0.39 is 0 Å². The van der Waals surface area contributed by atoms with Gasteiger partial charge in [-0.05, 0) is 47.5 Å². The van der Waals surface area contributed by atoms with Gasteiger partial charge in [-0.3, -0.25) is 4.79 Å². The van der Waals surface area contributed by atoms with Gasteiger partial charge in [-0.25, -0.2) is 0 Å². The average molecular weight is 303 g/mol. The minimum absolute atomic E-state index is 0.0668. The number of carbonyl (C=O) groups excluding carboxylic acids is 1. The van der Waals surface area contributed by atoms with Crippen molar-refractivity contribution in [3.8, 4) is 5.69 Å². The molecule has 0 fully saturated rings. The first kappa shape index (κ1) is 16.1. The minimum Gasteiger partial charge on any atom is -0.394 e. The number of nitrogens with zero attached hydrogens (tertiary/aromatic N) is 4. The summed E-state index contributed by atoms with van der Waals surface area (Å²) >= 11 is 0. The van der Waals surface area contributed by atoms with Gasteiger partial charge in [0.2, 0.25) is 0 Å². The lowest BCUT2D eigenvalue weighted by Gasteiger charge is -2.22. The van der Waals surface area contributed by atoms with Gasteiger partial charge in [0.1, 0.15) is 0 Å². The SMILES string of the molecule is CC[C@@H](C)[C@H](CO)NC(=O)c1ccc(-n2nnnc2C)cc1. The molecule has 2 N–H and O–H groups in total. The molecule has 1 heterocycles. The number of aliphatic hydroxyl groups is 1. The van der Waals surface area contributed by atoms with Gasteiger partial charge < -0.3 is 10.4 Å². The number of tetrazole rings is 1. The maximum Gasteiger partial charge on any atom is 0.251 e. The largest absolute Gasteiger partial charge is 0.394 e. The van der Waals surface area contributed by atoms with Crippen LogP contribution in [0.25, 0.3) is 5.69 Å². The molecule has 0 saturated carbocycles. The van der Waals surface area contributed by atoms with E-state index in [4.69, 9.17) is 0 Å². The molecule has 0 spiro atoms. The molecule has 7 nitrogen and oxygen atoms in total. The number of nitrogens with one attached hydrogen (secondary N) is 1. The Morgan fingerprint density at radius 1 is 1.36 bits per heavy atom. The molecule has 2 rings (SSSR count). The molecule has 22 heavy (non-hydrogen) atoms. The maximum atomic E-state index is 12.2. The van der Waals surface area contributed by atoms with E-state index in [0.29, 0.717) is 11.4 Å². The van der Waals surface area contributed by atoms with Crippen LogP contribution in [0.15, 0.2) is 24.3 Å². The van der Waals surface area contributed by atoms with E-state index in [2.05, 4.69) is 20.8 Å². The van der Waals surface area contributed by atoms with Gasteiger partial charge in [-0.2, -0.15) is 4.68 Å². The highest BCUT2D eigenvalue weighted by molar-refractivity contribution is 5.94. The topological polar surface area (TPSA) is 92.9 Å². The molecule has 0 aliphatic carbocycles. The van der Waals surface area contributed by atoms with Crippen LogP contribution < -0.4 is 5.32 Å². The number of rotatable bonds is 6. The molecule has 2 aromatic rings. The molecule has 0 aliphatic rings. The van der Waals surface area contributed by atoms with Crippen LogP contribution in [0.1, 0.15) is 36.5 Å². The van der Waals surface area contributed by atoms with Crippen LogP contribution in [0.3, 0.4) is 0 Å². The summed E-state index contributed by atoms with van der Waals surface area (Å²) in [7, 11) is 0. The Hall–Kier alpha value is -2.28. The van der Waals surface area contributed by atoms with E-state index in [-0.39, 0.29) is 24.5 Å². The molecule has 1 aromatic heterocycles. The highest BCUT2D eigenvalue weighted by Gasteiger charge is 2.18. The van der Waals surface area contributed by atoms with Crippen molar-refractivity contribution in [3.05, 3.63) is 35.7 Å². The Labute approximate surface area is 129 Å². The molecular formula is C15H21N5O2. The Balaban J connectivity index is 2.10. The zero-order valence-electron chi connectivity index (χ0n) is 13.0. The zero-order chi connectivity index (χ0) is 16.1. The van der Waals surface area contributed by atoms with Gasteiger partial charge in [0.15, 0.2) is 5.82 Å². The van der Waals surface area contributed by atoms with Crippen LogP contribution in [-0.4, -0.2) is 43.9 Å². The molecule has 0 aliphatic heterocycles. The van der Waals surface area contributed by atoms with Crippen LogP contribution in [0.2, 0.25) is 0 Å². The molecule has 1 aromatic carbocycles. The van der Waals surface area contributed by atoms with Crippen LogP contribution in [0.5, 0.6) is 0 Å². The smallest absolute Gasteiger partial charge is 0.251 e. The first-order valence-corrected chi connectivity index (χ1v) is 7.34. The summed E-state index contributed by atoms with van der Waals surface area (Å²) in [6.07, 6.45) is 0.892. The first-order valence-electron chi connectivity index (χ1n) is 7.34. The Morgan fingerprint density at radius 3 is 2.55 bits per heavy atom. The standard InChI is InChI=1S/C15H21N5O2/c1-4-10(2)14(9-21)16-15(22)12-5-7-13(8-6-12)20-11(3)17-18-19-20/h5-8,10,14,21H,4,9H2,1-3H3,(H,16,22)/t10-,14+/m1/s1. The van der Waals surface area contributed by atoms with Crippen molar-refractivity contribution in [1.82, 2.24) is 25.5 Å². The van der Waals surface area contributed by atoms with E-state index in [1.54, 1.807) is 35.9 Å². The predicted octanol–water partition coefficient (Wildman–Crippen LogP) is 1.11. The van der Waals surface area contributed by atoms with E-state index in [9.17, 15) is 9.90 Å². The zero-order valence-corrected chi connectivity index (χ0v) is 13.0. The summed E-state index contributed by atoms with van der Waals surface area (Å²) in [6.45, 7) is 5.77. The first-order chi connectivity index (χ1) is 10.6. The third-order valence-electron chi connectivity index (χ3n) is 3.84. The van der Waals surface area contributed by atoms with Crippen molar-refractivity contribution in [2.24, 2.45) is 5.92 Å². The molecule has 1 amide bonds. The quantitative estimate of drug-likeness (QED) is 0.834. The second-order valence-electron chi connectivity index (χ2n) is 5.33. The highest BCUT2D eigenvalue weighted by Crippen LogP contribution is 2.11. The molecule has 118 valence electrons. The fourth-order valence-corrected chi connectivity index (χ4v) is 2.13. The van der Waals surface area contributed by atoms with Gasteiger partial charge in [-0.1, -0.05) is 20.3 Å². The highest BCUT2D eigenvalue weighted by atomic mass is 16.3. The third kappa shape index (κ3) is 3.48. The number of amides is 1. The molecule has 2 atom stereocenters. The summed E-state index contributed by atoms with van der Waals surface area (Å²) in [6, 6.07) is 6.78. The molecule has 7 heteroatoms. The number of hydrogen-bond acceptors (Lipinski definition) is 5. The lowest BCUT2D eigenvalue weighted by atomic mass is 9.99. The van der Waals surface area contributed by atoms with E-state index in [1.807, 2.05) is 13.8 Å². The molecule has 0 bridgehead atoms. The lowest BCUT2D eigenvalue weighted by Crippen LogP contribution is -2.41. The minimum atomic E-state index is -0.237. The van der Waals surface area contributed by atoms with Gasteiger partial charge >= 0.3 is 0 Å². The molecule has 0 unspecified atom stereocenters. The lowest BCUT2D eigenvalue weighted by molar-refractivity contribution is 0.0891. The van der Waals surface area contributed by atoms with Crippen LogP contribution >= 0.6 is 0 Å². The number of benzene rings is 1. The Kier molecular flexibility index (Phi) is 5.21. The summed E-state index contributed by atoms with van der Waals surface area (Å²) in [5, 5.41) is 23.5. The number of hydrogen-bond donors (Lipinski definition) is 2. The van der Waals surface area contributed by atoms with E-state index in [0.717, 1.165) is 12.1 Å². The summed E-state index contributed by atoms with van der Waals surface area (Å²) < 4.78 is 1.59. The van der Waals surface area contributed by atoms with Crippen LogP contribution in [0, 0.1) is 12.8 Å². The number of aryl methyl sites for hydroxylation is 1. The van der Waals surface area contributed by atoms with Crippen molar-refractivity contribution in [2.75, 3.05) is 6.61 Å². The normalized spacial score (nSPS) is 13.6. The van der Waals surface area contributed by atoms with Crippen LogP contribution in [0.4, 0.5) is 0 Å². The van der Waals surface area contributed by atoms with E-state index >= 15 is 0 Å². The van der Waals surface area contributed by atoms with Crippen molar-refractivity contribution >= 4 is 5.91 Å². The maximum absolute atomic E-state index is 12.2. The molecule has 0 radical (unpaired) electrons. The van der Waals surface area contributed by atoms with Crippen molar-refractivity contribution in [3.63, 3.8) is 0 Å². The Morgan fingerprint density at radius 2 is 2.05 bits per heavy atom. The second kappa shape index (κ2) is 7.13. The summed E-state index contributed by atoms with van der Waals surface area (Å²) in [5.41, 5.74) is 1.33. The Bertz CT molecular complexity index is 623. The number of aliphatic hydroxyl groups excluding tert-OH is 1. The molecule has 0 saturated heterocycles. The van der Waals surface area contributed by atoms with Gasteiger partial charge in [0.25, 0.3) is 5.91 Å². The van der Waals surface area contributed by atoms with Crippen molar-refractivity contribution in [1.29, 1.82) is 0 Å². The third-order valence-corrected chi connectivity index (χ3v) is 3.84. The fourth-order valence-electron chi connectivity index (χ4n) is 2.13. The predicted molar refractivity (Wildman–Crippen MR) is 81.7 cm³/mol. The summed E-state index contributed by atoms with van der Waals surface area (Å²) in [5.74, 6) is 0.700. The van der Waals surface area contributed by atoms with Crippen LogP contribution in [-0.2, 0) is 0 Å².